The molecule has 18 heavy (non-hydrogen) atoms. The van der Waals surface area contributed by atoms with Gasteiger partial charge in [0.15, 0.2) is 0 Å². The van der Waals surface area contributed by atoms with Crippen LogP contribution in [0, 0.1) is 5.92 Å². The molecule has 0 aromatic heterocycles. The maximum absolute atomic E-state index is 5.73. The van der Waals surface area contributed by atoms with Gasteiger partial charge in [-0.1, -0.05) is 42.6 Å². The van der Waals surface area contributed by atoms with Gasteiger partial charge in [0.1, 0.15) is 5.75 Å². The van der Waals surface area contributed by atoms with Crippen LogP contribution in [0.2, 0.25) is 0 Å². The summed E-state index contributed by atoms with van der Waals surface area (Å²) in [5, 5.41) is 3.56. The predicted octanol–water partition coefficient (Wildman–Crippen LogP) is 3.91. The van der Waals surface area contributed by atoms with Gasteiger partial charge in [-0.05, 0) is 30.2 Å². The Hall–Kier alpha value is -0.540. The number of hydrogen-bond acceptors (Lipinski definition) is 2. The third-order valence-electron chi connectivity index (χ3n) is 3.73. The van der Waals surface area contributed by atoms with Crippen molar-refractivity contribution in [3.8, 4) is 5.75 Å². The minimum Gasteiger partial charge on any atom is -0.493 e. The van der Waals surface area contributed by atoms with Crippen molar-refractivity contribution in [2.75, 3.05) is 13.2 Å². The fourth-order valence-corrected chi connectivity index (χ4v) is 3.02. The molecule has 1 N–H and O–H groups in total. The molecule has 1 aliphatic heterocycles. The number of ether oxygens (including phenoxy) is 1. The number of rotatable bonds is 6. The van der Waals surface area contributed by atoms with E-state index in [2.05, 4.69) is 47.2 Å². The first-order valence-electron chi connectivity index (χ1n) is 6.89. The Morgan fingerprint density at radius 3 is 2.83 bits per heavy atom. The third-order valence-corrected chi connectivity index (χ3v) is 4.19. The van der Waals surface area contributed by atoms with E-state index in [0.29, 0.717) is 0 Å². The molecule has 0 aliphatic carbocycles. The molecule has 2 rings (SSSR count). The fraction of sp³-hybridized carbons (Fsp3) is 0.600. The molecular weight excluding hydrogens is 290 g/mol. The average Bonchev–Trinajstić information content (AvgIpc) is 2.82. The lowest BCUT2D eigenvalue weighted by Gasteiger charge is -2.15. The van der Waals surface area contributed by atoms with Crippen LogP contribution in [0.4, 0.5) is 0 Å². The van der Waals surface area contributed by atoms with Crippen LogP contribution in [0.5, 0.6) is 5.75 Å². The summed E-state index contributed by atoms with van der Waals surface area (Å²) in [6.45, 7) is 7.34. The Morgan fingerprint density at radius 2 is 2.11 bits per heavy atom. The first-order valence-corrected chi connectivity index (χ1v) is 7.68. The van der Waals surface area contributed by atoms with E-state index >= 15 is 0 Å². The monoisotopic (exact) mass is 311 g/mol. The van der Waals surface area contributed by atoms with Crippen molar-refractivity contribution >= 4 is 15.9 Å². The fourth-order valence-electron chi connectivity index (χ4n) is 2.47. The maximum Gasteiger partial charge on any atom is 0.127 e. The zero-order chi connectivity index (χ0) is 13.0. The second-order valence-corrected chi connectivity index (χ2v) is 5.88. The number of fused-ring (bicyclic) bond motifs is 1. The number of hydrogen-bond donors (Lipinski definition) is 1. The summed E-state index contributed by atoms with van der Waals surface area (Å²) in [6, 6.07) is 4.34. The summed E-state index contributed by atoms with van der Waals surface area (Å²) in [5.74, 6) is 1.89. The summed E-state index contributed by atoms with van der Waals surface area (Å²) in [6.07, 6.45) is 3.53. The van der Waals surface area contributed by atoms with Crippen LogP contribution in [-0.2, 0) is 13.0 Å². The summed E-state index contributed by atoms with van der Waals surface area (Å²) >= 11 is 3.58. The third kappa shape index (κ3) is 3.27. The molecule has 100 valence electrons. The van der Waals surface area contributed by atoms with Gasteiger partial charge >= 0.3 is 0 Å². The zero-order valence-corrected chi connectivity index (χ0v) is 12.8. The molecule has 0 unspecified atom stereocenters. The second kappa shape index (κ2) is 6.58. The highest BCUT2D eigenvalue weighted by molar-refractivity contribution is 9.10. The first-order chi connectivity index (χ1) is 8.74. The largest absolute Gasteiger partial charge is 0.493 e. The highest BCUT2D eigenvalue weighted by Gasteiger charge is 2.17. The Labute approximate surface area is 118 Å². The van der Waals surface area contributed by atoms with Crippen molar-refractivity contribution in [2.24, 2.45) is 5.92 Å². The standard InChI is InChI=1S/C15H22BrNO/c1-3-11(4-2)9-17-10-13-8-14(16)7-12-5-6-18-15(12)13/h7-8,11,17H,3-6,9-10H2,1-2H3. The lowest BCUT2D eigenvalue weighted by molar-refractivity contribution is 0.351. The van der Waals surface area contributed by atoms with E-state index in [0.717, 1.165) is 42.3 Å². The topological polar surface area (TPSA) is 21.3 Å². The van der Waals surface area contributed by atoms with Crippen molar-refractivity contribution in [1.82, 2.24) is 5.32 Å². The van der Waals surface area contributed by atoms with E-state index in [1.807, 2.05) is 0 Å². The van der Waals surface area contributed by atoms with E-state index in [1.165, 1.54) is 24.0 Å². The van der Waals surface area contributed by atoms with Gasteiger partial charge in [-0.15, -0.1) is 0 Å². The van der Waals surface area contributed by atoms with E-state index in [1.54, 1.807) is 0 Å². The smallest absolute Gasteiger partial charge is 0.127 e. The second-order valence-electron chi connectivity index (χ2n) is 4.97. The van der Waals surface area contributed by atoms with Crippen molar-refractivity contribution in [1.29, 1.82) is 0 Å². The molecular formula is C15H22BrNO. The van der Waals surface area contributed by atoms with Gasteiger partial charge < -0.3 is 10.1 Å². The molecule has 2 nitrogen and oxygen atoms in total. The normalized spacial score (nSPS) is 13.8. The number of benzene rings is 1. The molecule has 1 heterocycles. The molecule has 1 aromatic rings. The van der Waals surface area contributed by atoms with E-state index in [4.69, 9.17) is 4.74 Å². The summed E-state index contributed by atoms with van der Waals surface area (Å²) in [7, 11) is 0. The average molecular weight is 312 g/mol. The first kappa shape index (κ1) is 13.9. The van der Waals surface area contributed by atoms with Crippen molar-refractivity contribution in [3.63, 3.8) is 0 Å². The van der Waals surface area contributed by atoms with E-state index in [-0.39, 0.29) is 0 Å². The summed E-state index contributed by atoms with van der Waals surface area (Å²) < 4.78 is 6.89. The Kier molecular flexibility index (Phi) is 5.07. The van der Waals surface area contributed by atoms with Gasteiger partial charge in [0.2, 0.25) is 0 Å². The lowest BCUT2D eigenvalue weighted by atomic mass is 10.0. The molecule has 0 spiro atoms. The zero-order valence-electron chi connectivity index (χ0n) is 11.3. The predicted molar refractivity (Wildman–Crippen MR) is 79.1 cm³/mol. The molecule has 1 aromatic carbocycles. The minimum atomic E-state index is 0.783. The number of halogens is 1. The van der Waals surface area contributed by atoms with E-state index in [9.17, 15) is 0 Å². The molecule has 0 fully saturated rings. The molecule has 3 heteroatoms. The van der Waals surface area contributed by atoms with E-state index < -0.39 is 0 Å². The van der Waals surface area contributed by atoms with Crippen LogP contribution in [-0.4, -0.2) is 13.2 Å². The summed E-state index contributed by atoms with van der Waals surface area (Å²) in [4.78, 5) is 0. The minimum absolute atomic E-state index is 0.783. The van der Waals surface area contributed by atoms with Gasteiger partial charge in [-0.25, -0.2) is 0 Å². The molecule has 0 atom stereocenters. The van der Waals surface area contributed by atoms with Crippen molar-refractivity contribution in [2.45, 2.75) is 39.7 Å². The quantitative estimate of drug-likeness (QED) is 0.860. The van der Waals surface area contributed by atoms with Crippen LogP contribution < -0.4 is 10.1 Å². The maximum atomic E-state index is 5.73. The molecule has 0 bridgehead atoms. The van der Waals surface area contributed by atoms with Crippen LogP contribution in [0.1, 0.15) is 37.8 Å². The van der Waals surface area contributed by atoms with Gasteiger partial charge in [0, 0.05) is 23.0 Å². The van der Waals surface area contributed by atoms with Crippen LogP contribution in [0.15, 0.2) is 16.6 Å². The summed E-state index contributed by atoms with van der Waals surface area (Å²) in [5.41, 5.74) is 2.62. The van der Waals surface area contributed by atoms with Gasteiger partial charge in [-0.3, -0.25) is 0 Å². The van der Waals surface area contributed by atoms with Crippen molar-refractivity contribution in [3.05, 3.63) is 27.7 Å². The van der Waals surface area contributed by atoms with Crippen LogP contribution in [0.25, 0.3) is 0 Å². The highest BCUT2D eigenvalue weighted by Crippen LogP contribution is 2.32. The molecule has 1 aliphatic rings. The Bertz CT molecular complexity index is 402. The lowest BCUT2D eigenvalue weighted by Crippen LogP contribution is -2.22. The van der Waals surface area contributed by atoms with Crippen molar-refractivity contribution < 1.29 is 4.74 Å². The molecule has 0 radical (unpaired) electrons. The van der Waals surface area contributed by atoms with Gasteiger partial charge in [-0.2, -0.15) is 0 Å². The van der Waals surface area contributed by atoms with Gasteiger partial charge in [0.25, 0.3) is 0 Å². The van der Waals surface area contributed by atoms with Crippen LogP contribution >= 0.6 is 15.9 Å². The Balaban J connectivity index is 1.97. The number of nitrogens with one attached hydrogen (secondary N) is 1. The molecule has 0 saturated heterocycles. The van der Waals surface area contributed by atoms with Crippen LogP contribution in [0.3, 0.4) is 0 Å². The molecule has 0 saturated carbocycles. The SMILES string of the molecule is CCC(CC)CNCc1cc(Br)cc2c1OCC2. The Morgan fingerprint density at radius 1 is 1.33 bits per heavy atom. The van der Waals surface area contributed by atoms with Gasteiger partial charge in [0.05, 0.1) is 6.61 Å². The molecule has 0 amide bonds. The highest BCUT2D eigenvalue weighted by atomic mass is 79.9.